The Morgan fingerprint density at radius 1 is 1.44 bits per heavy atom. The zero-order valence-corrected chi connectivity index (χ0v) is 12.1. The molecule has 0 bridgehead atoms. The van der Waals surface area contributed by atoms with Gasteiger partial charge in [-0.1, -0.05) is 0 Å². The van der Waals surface area contributed by atoms with Gasteiger partial charge in [-0.15, -0.1) is 24.8 Å². The number of fused-ring (bicyclic) bond motifs is 3. The van der Waals surface area contributed by atoms with Crippen LogP contribution in [0.4, 0.5) is 0 Å². The Balaban J connectivity index is 0.000000810. The normalized spacial score (nSPS) is 14.8. The van der Waals surface area contributed by atoms with Crippen molar-refractivity contribution in [3.63, 3.8) is 0 Å². The van der Waals surface area contributed by atoms with Crippen molar-refractivity contribution in [2.45, 2.75) is 38.8 Å². The first-order valence-corrected chi connectivity index (χ1v) is 5.98. The van der Waals surface area contributed by atoms with Gasteiger partial charge >= 0.3 is 0 Å². The van der Waals surface area contributed by atoms with Crippen molar-refractivity contribution in [3.05, 3.63) is 29.6 Å². The molecular weight excluding hydrogens is 269 g/mol. The summed E-state index contributed by atoms with van der Waals surface area (Å²) in [7, 11) is 0. The average molecular weight is 288 g/mol. The number of hydrogen-bond acceptors (Lipinski definition) is 2. The molecule has 1 atom stereocenters. The molecule has 0 amide bonds. The van der Waals surface area contributed by atoms with E-state index in [1.807, 2.05) is 12.3 Å². The summed E-state index contributed by atoms with van der Waals surface area (Å²) in [5.41, 5.74) is 9.97. The first-order valence-electron chi connectivity index (χ1n) is 5.98. The number of aromatic nitrogens is 2. The van der Waals surface area contributed by atoms with E-state index in [0.717, 1.165) is 18.6 Å². The van der Waals surface area contributed by atoms with Crippen molar-refractivity contribution in [1.29, 1.82) is 0 Å². The molecule has 0 spiro atoms. The third-order valence-electron chi connectivity index (χ3n) is 3.36. The van der Waals surface area contributed by atoms with Gasteiger partial charge in [0.05, 0.1) is 0 Å². The molecule has 0 saturated carbocycles. The summed E-state index contributed by atoms with van der Waals surface area (Å²) in [6.45, 7) is 3.18. The van der Waals surface area contributed by atoms with Crippen LogP contribution < -0.4 is 5.73 Å². The number of nitrogens with zero attached hydrogens (tertiary/aromatic N) is 2. The molecule has 5 heteroatoms. The Labute approximate surface area is 120 Å². The summed E-state index contributed by atoms with van der Waals surface area (Å²) in [6.07, 6.45) is 5.26. The lowest BCUT2D eigenvalue weighted by molar-refractivity contribution is 0.732. The molecule has 2 N–H and O–H groups in total. The van der Waals surface area contributed by atoms with E-state index in [1.54, 1.807) is 0 Å². The van der Waals surface area contributed by atoms with E-state index in [9.17, 15) is 0 Å². The van der Waals surface area contributed by atoms with Gasteiger partial charge in [0.25, 0.3) is 0 Å². The molecule has 0 saturated heterocycles. The van der Waals surface area contributed by atoms with Crippen LogP contribution in [0.1, 0.15) is 24.6 Å². The Morgan fingerprint density at radius 3 is 2.94 bits per heavy atom. The summed E-state index contributed by atoms with van der Waals surface area (Å²) in [5, 5.41) is 1.30. The molecule has 1 unspecified atom stereocenters. The van der Waals surface area contributed by atoms with Crippen LogP contribution in [0.2, 0.25) is 0 Å². The minimum Gasteiger partial charge on any atom is -0.329 e. The van der Waals surface area contributed by atoms with E-state index in [4.69, 9.17) is 5.73 Å². The van der Waals surface area contributed by atoms with Crippen molar-refractivity contribution in [2.75, 3.05) is 0 Å². The summed E-state index contributed by atoms with van der Waals surface area (Å²) >= 11 is 0. The van der Waals surface area contributed by atoms with Crippen LogP contribution in [0.5, 0.6) is 0 Å². The molecule has 18 heavy (non-hydrogen) atoms. The molecule has 3 rings (SSSR count). The van der Waals surface area contributed by atoms with Gasteiger partial charge in [0.2, 0.25) is 0 Å². The number of rotatable bonds is 2. The highest BCUT2D eigenvalue weighted by Crippen LogP contribution is 2.30. The Morgan fingerprint density at radius 2 is 2.22 bits per heavy atom. The van der Waals surface area contributed by atoms with Gasteiger partial charge in [0.1, 0.15) is 5.65 Å². The van der Waals surface area contributed by atoms with Crippen molar-refractivity contribution in [2.24, 2.45) is 5.73 Å². The molecule has 100 valence electrons. The van der Waals surface area contributed by atoms with Crippen LogP contribution >= 0.6 is 24.8 Å². The lowest BCUT2D eigenvalue weighted by Gasteiger charge is -2.05. The van der Waals surface area contributed by atoms with Crippen LogP contribution in [0.25, 0.3) is 11.0 Å². The Hall–Kier alpha value is -0.770. The van der Waals surface area contributed by atoms with Crippen molar-refractivity contribution in [1.82, 2.24) is 9.55 Å². The minimum atomic E-state index is 0. The maximum absolute atomic E-state index is 5.94. The summed E-state index contributed by atoms with van der Waals surface area (Å²) in [5.74, 6) is 0. The maximum Gasteiger partial charge on any atom is 0.140 e. The van der Waals surface area contributed by atoms with Gasteiger partial charge in [-0.05, 0) is 43.9 Å². The number of hydrogen-bond donors (Lipinski definition) is 1. The lowest BCUT2D eigenvalue weighted by Crippen LogP contribution is -2.18. The fourth-order valence-corrected chi connectivity index (χ4v) is 2.77. The molecular formula is C13H19Cl2N3. The number of pyridine rings is 1. The second-order valence-electron chi connectivity index (χ2n) is 4.74. The number of aryl methyl sites for hydroxylation is 1. The largest absolute Gasteiger partial charge is 0.329 e. The van der Waals surface area contributed by atoms with E-state index in [2.05, 4.69) is 22.5 Å². The van der Waals surface area contributed by atoms with E-state index >= 15 is 0 Å². The molecule has 3 nitrogen and oxygen atoms in total. The molecule has 2 aromatic heterocycles. The van der Waals surface area contributed by atoms with Gasteiger partial charge in [-0.25, -0.2) is 4.98 Å². The van der Waals surface area contributed by atoms with Gasteiger partial charge in [-0.3, -0.25) is 0 Å². The van der Waals surface area contributed by atoms with Crippen LogP contribution in [-0.2, 0) is 19.4 Å². The predicted molar refractivity (Wildman–Crippen MR) is 79.9 cm³/mol. The molecule has 0 radical (unpaired) electrons. The third kappa shape index (κ3) is 2.35. The van der Waals surface area contributed by atoms with Gasteiger partial charge in [0.15, 0.2) is 0 Å². The third-order valence-corrected chi connectivity index (χ3v) is 3.36. The summed E-state index contributed by atoms with van der Waals surface area (Å²) in [6, 6.07) is 4.41. The van der Waals surface area contributed by atoms with Crippen molar-refractivity contribution < 1.29 is 0 Å². The van der Waals surface area contributed by atoms with Crippen LogP contribution in [0.15, 0.2) is 18.3 Å². The van der Waals surface area contributed by atoms with Crippen LogP contribution in [-0.4, -0.2) is 15.6 Å². The topological polar surface area (TPSA) is 43.8 Å². The molecule has 0 aliphatic carbocycles. The summed E-state index contributed by atoms with van der Waals surface area (Å²) in [4.78, 5) is 4.50. The highest BCUT2D eigenvalue weighted by Gasteiger charge is 2.21. The maximum atomic E-state index is 5.94. The van der Waals surface area contributed by atoms with Crippen molar-refractivity contribution >= 4 is 35.8 Å². The van der Waals surface area contributed by atoms with Gasteiger partial charge in [0, 0.05) is 29.9 Å². The van der Waals surface area contributed by atoms with Crippen LogP contribution in [0, 0.1) is 0 Å². The number of halogens is 2. The predicted octanol–water partition coefficient (Wildman–Crippen LogP) is 2.72. The summed E-state index contributed by atoms with van der Waals surface area (Å²) < 4.78 is 2.37. The first kappa shape index (κ1) is 15.3. The SMILES string of the molecule is CC(N)Cc1c2n(c3ncccc13)CCC2.Cl.Cl. The molecule has 1 aliphatic heterocycles. The second-order valence-corrected chi connectivity index (χ2v) is 4.74. The molecule has 2 aromatic rings. The minimum absolute atomic E-state index is 0. The van der Waals surface area contributed by atoms with Crippen LogP contribution in [0.3, 0.4) is 0 Å². The van der Waals surface area contributed by atoms with Gasteiger partial charge in [-0.2, -0.15) is 0 Å². The lowest BCUT2D eigenvalue weighted by atomic mass is 10.0. The average Bonchev–Trinajstić information content (AvgIpc) is 2.82. The fourth-order valence-electron chi connectivity index (χ4n) is 2.77. The quantitative estimate of drug-likeness (QED) is 0.923. The Kier molecular flexibility index (Phi) is 5.02. The zero-order chi connectivity index (χ0) is 11.1. The highest BCUT2D eigenvalue weighted by molar-refractivity contribution is 5.85. The molecule has 0 aromatic carbocycles. The first-order chi connectivity index (χ1) is 7.77. The second kappa shape index (κ2) is 5.91. The molecule has 1 aliphatic rings. The monoisotopic (exact) mass is 287 g/mol. The number of nitrogens with two attached hydrogens (primary N) is 1. The smallest absolute Gasteiger partial charge is 0.140 e. The van der Waals surface area contributed by atoms with Gasteiger partial charge < -0.3 is 10.3 Å². The van der Waals surface area contributed by atoms with Crippen molar-refractivity contribution in [3.8, 4) is 0 Å². The fraction of sp³-hybridized carbons (Fsp3) is 0.462. The van der Waals surface area contributed by atoms with E-state index in [0.29, 0.717) is 0 Å². The van der Waals surface area contributed by atoms with E-state index in [1.165, 1.54) is 29.5 Å². The van der Waals surface area contributed by atoms with E-state index < -0.39 is 0 Å². The standard InChI is InChI=1S/C13H17N3.2ClH/c1-9(14)8-11-10-4-2-6-15-13(10)16-7-3-5-12(11)16;;/h2,4,6,9H,3,5,7-8,14H2,1H3;2*1H. The molecule has 0 fully saturated rings. The Bertz CT molecular complexity index is 534. The van der Waals surface area contributed by atoms with E-state index in [-0.39, 0.29) is 30.9 Å². The molecule has 3 heterocycles. The highest BCUT2D eigenvalue weighted by atomic mass is 35.5. The zero-order valence-electron chi connectivity index (χ0n) is 10.4.